The summed E-state index contributed by atoms with van der Waals surface area (Å²) < 4.78 is 16.0. The molecule has 0 unspecified atom stereocenters. The number of thiazole rings is 1. The van der Waals surface area contributed by atoms with E-state index in [1.165, 1.54) is 17.4 Å². The Morgan fingerprint density at radius 2 is 1.80 bits per heavy atom. The molecule has 5 heteroatoms. The zero-order valence-electron chi connectivity index (χ0n) is 14.3. The van der Waals surface area contributed by atoms with Crippen LogP contribution in [0.25, 0.3) is 11.3 Å². The van der Waals surface area contributed by atoms with Crippen LogP contribution in [-0.2, 0) is 6.54 Å². The lowest BCUT2D eigenvalue weighted by Crippen LogP contribution is -2.14. The molecular formula is C20H20FN3S. The molecule has 0 amide bonds. The topological polar surface area (TPSA) is 29.6 Å². The number of nitrogens with zero attached hydrogens (tertiary/aromatic N) is 3. The van der Waals surface area contributed by atoms with E-state index < -0.39 is 0 Å². The van der Waals surface area contributed by atoms with E-state index in [1.54, 1.807) is 16.8 Å². The van der Waals surface area contributed by atoms with Gasteiger partial charge in [0.15, 0.2) is 0 Å². The van der Waals surface area contributed by atoms with Crippen LogP contribution in [-0.4, -0.2) is 10.4 Å². The number of hydrogen-bond donors (Lipinski definition) is 0. The van der Waals surface area contributed by atoms with Gasteiger partial charge < -0.3 is 0 Å². The highest BCUT2D eigenvalue weighted by atomic mass is 32.1. The summed E-state index contributed by atoms with van der Waals surface area (Å²) in [6, 6.07) is 16.8. The summed E-state index contributed by atoms with van der Waals surface area (Å²) in [7, 11) is 0. The van der Waals surface area contributed by atoms with Crippen LogP contribution in [0, 0.1) is 5.82 Å². The van der Waals surface area contributed by atoms with Crippen LogP contribution in [0.2, 0.25) is 0 Å². The standard InChI is InChI=1S/C20H20FN3S/c1-3-15(2)23-24-19(17-11-7-8-12-18(17)21)14-25-20(24)22-13-16-9-5-4-6-10-16/h4-12,14H,3,13H2,1-2H3. The average Bonchev–Trinajstić information content (AvgIpc) is 3.03. The molecule has 0 bridgehead atoms. The first kappa shape index (κ1) is 17.3. The van der Waals surface area contributed by atoms with Crippen molar-refractivity contribution >= 4 is 17.0 Å². The van der Waals surface area contributed by atoms with Crippen molar-refractivity contribution in [2.75, 3.05) is 0 Å². The van der Waals surface area contributed by atoms with Crippen molar-refractivity contribution in [1.82, 2.24) is 4.68 Å². The van der Waals surface area contributed by atoms with Crippen molar-refractivity contribution in [1.29, 1.82) is 0 Å². The van der Waals surface area contributed by atoms with Gasteiger partial charge in [-0.15, -0.1) is 11.3 Å². The van der Waals surface area contributed by atoms with Gasteiger partial charge in [0.1, 0.15) is 5.82 Å². The predicted molar refractivity (Wildman–Crippen MR) is 102 cm³/mol. The quantitative estimate of drug-likeness (QED) is 0.572. The van der Waals surface area contributed by atoms with Crippen LogP contribution in [0.15, 0.2) is 70.1 Å². The van der Waals surface area contributed by atoms with Crippen LogP contribution in [0.3, 0.4) is 0 Å². The SMILES string of the molecule is CCC(C)=Nn1c(-c2ccccc2F)csc1=NCc1ccccc1. The summed E-state index contributed by atoms with van der Waals surface area (Å²) in [6.45, 7) is 4.59. The number of hydrogen-bond acceptors (Lipinski definition) is 3. The Bertz CT molecular complexity index is 939. The Morgan fingerprint density at radius 1 is 1.08 bits per heavy atom. The first-order chi connectivity index (χ1) is 12.2. The van der Waals surface area contributed by atoms with E-state index in [1.807, 2.05) is 48.7 Å². The largest absolute Gasteiger partial charge is 0.253 e. The molecule has 0 N–H and O–H groups in total. The van der Waals surface area contributed by atoms with E-state index in [4.69, 9.17) is 4.99 Å². The summed E-state index contributed by atoms with van der Waals surface area (Å²) >= 11 is 1.47. The second-order valence-corrected chi connectivity index (χ2v) is 6.52. The molecule has 128 valence electrons. The van der Waals surface area contributed by atoms with E-state index in [0.717, 1.165) is 28.2 Å². The minimum Gasteiger partial charge on any atom is -0.253 e. The van der Waals surface area contributed by atoms with Crippen molar-refractivity contribution in [3.05, 3.63) is 76.2 Å². The molecule has 3 rings (SSSR count). The molecule has 0 fully saturated rings. The molecule has 0 aliphatic carbocycles. The van der Waals surface area contributed by atoms with Gasteiger partial charge in [-0.05, 0) is 31.0 Å². The van der Waals surface area contributed by atoms with Gasteiger partial charge in [0.2, 0.25) is 4.80 Å². The Morgan fingerprint density at radius 3 is 2.52 bits per heavy atom. The van der Waals surface area contributed by atoms with E-state index in [-0.39, 0.29) is 5.82 Å². The fraction of sp³-hybridized carbons (Fsp3) is 0.200. The molecule has 2 aromatic carbocycles. The second kappa shape index (κ2) is 8.03. The summed E-state index contributed by atoms with van der Waals surface area (Å²) in [6.07, 6.45) is 0.831. The number of aromatic nitrogens is 1. The molecule has 0 aliphatic heterocycles. The van der Waals surface area contributed by atoms with Crippen LogP contribution in [0.1, 0.15) is 25.8 Å². The molecule has 0 atom stereocenters. The average molecular weight is 353 g/mol. The van der Waals surface area contributed by atoms with Gasteiger partial charge in [0.25, 0.3) is 0 Å². The van der Waals surface area contributed by atoms with Crippen molar-refractivity contribution < 1.29 is 4.39 Å². The van der Waals surface area contributed by atoms with E-state index in [2.05, 4.69) is 12.0 Å². The second-order valence-electron chi connectivity index (χ2n) is 5.69. The van der Waals surface area contributed by atoms with Gasteiger partial charge in [0, 0.05) is 16.7 Å². The first-order valence-corrected chi connectivity index (χ1v) is 9.11. The van der Waals surface area contributed by atoms with Gasteiger partial charge in [-0.2, -0.15) is 5.10 Å². The Balaban J connectivity index is 2.09. The minimum atomic E-state index is -0.256. The smallest absolute Gasteiger partial charge is 0.206 e. The molecule has 0 saturated heterocycles. The fourth-order valence-electron chi connectivity index (χ4n) is 2.34. The van der Waals surface area contributed by atoms with Gasteiger partial charge >= 0.3 is 0 Å². The zero-order chi connectivity index (χ0) is 17.6. The van der Waals surface area contributed by atoms with E-state index >= 15 is 0 Å². The highest BCUT2D eigenvalue weighted by molar-refractivity contribution is 7.07. The third-order valence-corrected chi connectivity index (χ3v) is 4.71. The number of benzene rings is 2. The molecule has 25 heavy (non-hydrogen) atoms. The van der Waals surface area contributed by atoms with Gasteiger partial charge in [0.05, 0.1) is 12.2 Å². The Labute approximate surface area is 150 Å². The number of rotatable bonds is 5. The molecule has 1 aromatic heterocycles. The van der Waals surface area contributed by atoms with Crippen molar-refractivity contribution in [3.8, 4) is 11.3 Å². The molecule has 0 spiro atoms. The Kier molecular flexibility index (Phi) is 5.56. The summed E-state index contributed by atoms with van der Waals surface area (Å²) in [5, 5.41) is 6.56. The maximum absolute atomic E-state index is 14.2. The molecule has 0 aliphatic rings. The lowest BCUT2D eigenvalue weighted by atomic mass is 10.1. The van der Waals surface area contributed by atoms with E-state index in [0.29, 0.717) is 12.1 Å². The summed E-state index contributed by atoms with van der Waals surface area (Å²) in [4.78, 5) is 5.45. The van der Waals surface area contributed by atoms with Gasteiger partial charge in [-0.1, -0.05) is 49.4 Å². The van der Waals surface area contributed by atoms with Crippen LogP contribution in [0.5, 0.6) is 0 Å². The lowest BCUT2D eigenvalue weighted by Gasteiger charge is -2.06. The zero-order valence-corrected chi connectivity index (χ0v) is 15.1. The number of halogens is 1. The van der Waals surface area contributed by atoms with Crippen molar-refractivity contribution in [3.63, 3.8) is 0 Å². The molecule has 3 nitrogen and oxygen atoms in total. The maximum atomic E-state index is 14.2. The summed E-state index contributed by atoms with van der Waals surface area (Å²) in [5.74, 6) is -0.256. The van der Waals surface area contributed by atoms with E-state index in [9.17, 15) is 4.39 Å². The molecule has 3 aromatic rings. The molecular weight excluding hydrogens is 333 g/mol. The van der Waals surface area contributed by atoms with Crippen molar-refractivity contribution in [2.24, 2.45) is 10.1 Å². The fourth-order valence-corrected chi connectivity index (χ4v) is 3.16. The normalized spacial score (nSPS) is 12.6. The van der Waals surface area contributed by atoms with Gasteiger partial charge in [-0.3, -0.25) is 4.99 Å². The predicted octanol–water partition coefficient (Wildman–Crippen LogP) is 5.09. The lowest BCUT2D eigenvalue weighted by molar-refractivity contribution is 0.629. The monoisotopic (exact) mass is 353 g/mol. The highest BCUT2D eigenvalue weighted by Crippen LogP contribution is 2.23. The molecule has 1 heterocycles. The maximum Gasteiger partial charge on any atom is 0.206 e. The van der Waals surface area contributed by atoms with Crippen LogP contribution >= 0.6 is 11.3 Å². The molecule has 0 radical (unpaired) electrons. The van der Waals surface area contributed by atoms with Crippen LogP contribution in [0.4, 0.5) is 4.39 Å². The summed E-state index contributed by atoms with van der Waals surface area (Å²) in [5.41, 5.74) is 3.36. The third kappa shape index (κ3) is 4.12. The van der Waals surface area contributed by atoms with Gasteiger partial charge in [-0.25, -0.2) is 9.07 Å². The first-order valence-electron chi connectivity index (χ1n) is 8.23. The minimum absolute atomic E-state index is 0.256. The Hall–Kier alpha value is -2.53. The van der Waals surface area contributed by atoms with Crippen LogP contribution < -0.4 is 4.80 Å². The highest BCUT2D eigenvalue weighted by Gasteiger charge is 2.11. The van der Waals surface area contributed by atoms with Crippen molar-refractivity contribution in [2.45, 2.75) is 26.8 Å². The molecule has 0 saturated carbocycles. The third-order valence-electron chi connectivity index (χ3n) is 3.86.